The van der Waals surface area contributed by atoms with Gasteiger partial charge in [0.2, 0.25) is 0 Å². The third-order valence-electron chi connectivity index (χ3n) is 4.79. The minimum absolute atomic E-state index is 0.848. The summed E-state index contributed by atoms with van der Waals surface area (Å²) < 4.78 is 0. The van der Waals surface area contributed by atoms with Gasteiger partial charge in [-0.25, -0.2) is 0 Å². The van der Waals surface area contributed by atoms with Crippen LogP contribution >= 0.6 is 0 Å². The Balaban J connectivity index is 1.59. The Morgan fingerprint density at radius 2 is 1.86 bits per heavy atom. The summed E-state index contributed by atoms with van der Waals surface area (Å²) in [7, 11) is 4.20. The monoisotopic (exact) mass is 287 g/mol. The van der Waals surface area contributed by atoms with Crippen molar-refractivity contribution in [3.8, 4) is 0 Å². The maximum absolute atomic E-state index is 3.55. The van der Waals surface area contributed by atoms with Gasteiger partial charge in [-0.15, -0.1) is 0 Å². The van der Waals surface area contributed by atoms with E-state index in [4.69, 9.17) is 0 Å². The number of hydrogen-bond donors (Lipinski definition) is 1. The molecule has 1 aliphatic carbocycles. The van der Waals surface area contributed by atoms with Gasteiger partial charge in [-0.2, -0.15) is 0 Å². The van der Waals surface area contributed by atoms with E-state index in [1.807, 2.05) is 0 Å². The molecule has 1 aliphatic heterocycles. The van der Waals surface area contributed by atoms with Crippen molar-refractivity contribution in [1.29, 1.82) is 0 Å². The molecule has 2 fully saturated rings. The molecule has 3 nitrogen and oxygen atoms in total. The number of benzene rings is 1. The van der Waals surface area contributed by atoms with Gasteiger partial charge in [0.25, 0.3) is 0 Å². The topological polar surface area (TPSA) is 18.5 Å². The number of nitrogens with one attached hydrogen (secondary N) is 1. The molecule has 116 valence electrons. The smallest absolute Gasteiger partial charge is 0.0361 e. The standard InChI is InChI=1S/C18H29N3/c1-20(2)17-7-5-15(6-8-17)13-21(18-9-10-18)14-16-4-3-11-19-12-16/h5-8,16,18-19H,3-4,9-14H2,1-2H3. The van der Waals surface area contributed by atoms with Gasteiger partial charge >= 0.3 is 0 Å². The lowest BCUT2D eigenvalue weighted by Crippen LogP contribution is -2.39. The molecule has 21 heavy (non-hydrogen) atoms. The van der Waals surface area contributed by atoms with E-state index in [0.29, 0.717) is 0 Å². The fraction of sp³-hybridized carbons (Fsp3) is 0.667. The average molecular weight is 287 g/mol. The molecule has 1 saturated carbocycles. The van der Waals surface area contributed by atoms with Crippen molar-refractivity contribution in [1.82, 2.24) is 10.2 Å². The van der Waals surface area contributed by atoms with Gasteiger partial charge in [-0.1, -0.05) is 12.1 Å². The van der Waals surface area contributed by atoms with Crippen LogP contribution in [0.15, 0.2) is 24.3 Å². The van der Waals surface area contributed by atoms with Crippen molar-refractivity contribution >= 4 is 5.69 Å². The number of hydrogen-bond acceptors (Lipinski definition) is 3. The minimum atomic E-state index is 0.848. The zero-order chi connectivity index (χ0) is 14.7. The Kier molecular flexibility index (Phi) is 4.81. The van der Waals surface area contributed by atoms with Crippen LogP contribution in [-0.4, -0.2) is 44.7 Å². The lowest BCUT2D eigenvalue weighted by Gasteiger charge is -2.30. The molecule has 0 spiro atoms. The van der Waals surface area contributed by atoms with Crippen LogP contribution in [0.4, 0.5) is 5.69 Å². The van der Waals surface area contributed by atoms with E-state index in [2.05, 4.69) is 53.5 Å². The third-order valence-corrected chi connectivity index (χ3v) is 4.79. The van der Waals surface area contributed by atoms with Crippen LogP contribution in [0.1, 0.15) is 31.2 Å². The SMILES string of the molecule is CN(C)c1ccc(CN(CC2CCCNC2)C2CC2)cc1. The lowest BCUT2D eigenvalue weighted by atomic mass is 9.98. The zero-order valence-electron chi connectivity index (χ0n) is 13.5. The molecular weight excluding hydrogens is 258 g/mol. The lowest BCUT2D eigenvalue weighted by molar-refractivity contribution is 0.193. The first-order chi connectivity index (χ1) is 10.2. The first kappa shape index (κ1) is 14.9. The highest BCUT2D eigenvalue weighted by molar-refractivity contribution is 5.45. The molecule has 1 aromatic carbocycles. The van der Waals surface area contributed by atoms with Crippen LogP contribution in [0, 0.1) is 5.92 Å². The van der Waals surface area contributed by atoms with Gasteiger partial charge in [0, 0.05) is 38.9 Å². The summed E-state index contributed by atoms with van der Waals surface area (Å²) in [5, 5.41) is 3.55. The maximum Gasteiger partial charge on any atom is 0.0361 e. The quantitative estimate of drug-likeness (QED) is 0.868. The summed E-state index contributed by atoms with van der Waals surface area (Å²) >= 11 is 0. The molecule has 0 amide bonds. The Hall–Kier alpha value is -1.06. The number of anilines is 1. The molecule has 0 radical (unpaired) electrons. The molecule has 2 aliphatic rings. The minimum Gasteiger partial charge on any atom is -0.378 e. The zero-order valence-corrected chi connectivity index (χ0v) is 13.5. The van der Waals surface area contributed by atoms with E-state index in [1.54, 1.807) is 0 Å². The van der Waals surface area contributed by atoms with E-state index in [-0.39, 0.29) is 0 Å². The van der Waals surface area contributed by atoms with Crippen LogP contribution in [-0.2, 0) is 6.54 Å². The van der Waals surface area contributed by atoms with Crippen molar-refractivity contribution in [3.05, 3.63) is 29.8 Å². The van der Waals surface area contributed by atoms with Crippen molar-refractivity contribution in [2.45, 2.75) is 38.3 Å². The molecule has 3 rings (SSSR count). The van der Waals surface area contributed by atoms with Gasteiger partial charge in [0.15, 0.2) is 0 Å². The van der Waals surface area contributed by atoms with E-state index < -0.39 is 0 Å². The predicted octanol–water partition coefficient (Wildman–Crippen LogP) is 2.72. The number of rotatable bonds is 6. The fourth-order valence-corrected chi connectivity index (χ4v) is 3.33. The van der Waals surface area contributed by atoms with Gasteiger partial charge in [0.1, 0.15) is 0 Å². The Morgan fingerprint density at radius 1 is 1.10 bits per heavy atom. The van der Waals surface area contributed by atoms with Gasteiger partial charge in [-0.05, 0) is 62.4 Å². The first-order valence-electron chi connectivity index (χ1n) is 8.43. The van der Waals surface area contributed by atoms with Crippen molar-refractivity contribution in [3.63, 3.8) is 0 Å². The second-order valence-corrected chi connectivity index (χ2v) is 6.93. The highest BCUT2D eigenvalue weighted by Gasteiger charge is 2.30. The highest BCUT2D eigenvalue weighted by Crippen LogP contribution is 2.30. The van der Waals surface area contributed by atoms with Gasteiger partial charge in [0.05, 0.1) is 0 Å². The van der Waals surface area contributed by atoms with Gasteiger partial charge in [-0.3, -0.25) is 4.90 Å². The molecule has 1 aromatic rings. The predicted molar refractivity (Wildman–Crippen MR) is 89.8 cm³/mol. The molecule has 1 saturated heterocycles. The first-order valence-corrected chi connectivity index (χ1v) is 8.43. The van der Waals surface area contributed by atoms with E-state index in [0.717, 1.165) is 18.5 Å². The summed E-state index contributed by atoms with van der Waals surface area (Å²) in [6.45, 7) is 4.82. The molecule has 1 heterocycles. The van der Waals surface area contributed by atoms with Crippen LogP contribution < -0.4 is 10.2 Å². The van der Waals surface area contributed by atoms with Crippen LogP contribution in [0.5, 0.6) is 0 Å². The normalized spacial score (nSPS) is 22.5. The van der Waals surface area contributed by atoms with E-state index in [9.17, 15) is 0 Å². The fourth-order valence-electron chi connectivity index (χ4n) is 3.33. The summed E-state index contributed by atoms with van der Waals surface area (Å²) in [6.07, 6.45) is 5.54. The summed E-state index contributed by atoms with van der Waals surface area (Å²) in [5.74, 6) is 0.848. The van der Waals surface area contributed by atoms with Gasteiger partial charge < -0.3 is 10.2 Å². The highest BCUT2D eigenvalue weighted by atomic mass is 15.2. The molecular formula is C18H29N3. The summed E-state index contributed by atoms with van der Waals surface area (Å²) in [4.78, 5) is 4.89. The summed E-state index contributed by atoms with van der Waals surface area (Å²) in [6, 6.07) is 9.92. The third kappa shape index (κ3) is 4.21. The molecule has 0 aromatic heterocycles. The largest absolute Gasteiger partial charge is 0.378 e. The molecule has 1 atom stereocenters. The molecule has 0 bridgehead atoms. The maximum atomic E-state index is 3.55. The number of nitrogens with zero attached hydrogens (tertiary/aromatic N) is 2. The molecule has 3 heteroatoms. The van der Waals surface area contributed by atoms with Crippen LogP contribution in [0.25, 0.3) is 0 Å². The Bertz CT molecular complexity index is 430. The Morgan fingerprint density at radius 3 is 2.43 bits per heavy atom. The molecule has 1 unspecified atom stereocenters. The van der Waals surface area contributed by atoms with Crippen molar-refractivity contribution in [2.75, 3.05) is 38.6 Å². The van der Waals surface area contributed by atoms with Crippen molar-refractivity contribution in [2.24, 2.45) is 5.92 Å². The molecule has 1 N–H and O–H groups in total. The second kappa shape index (κ2) is 6.80. The summed E-state index contributed by atoms with van der Waals surface area (Å²) in [5.41, 5.74) is 2.74. The number of piperidine rings is 1. The van der Waals surface area contributed by atoms with E-state index in [1.165, 1.54) is 56.6 Å². The van der Waals surface area contributed by atoms with Crippen LogP contribution in [0.2, 0.25) is 0 Å². The van der Waals surface area contributed by atoms with Crippen molar-refractivity contribution < 1.29 is 0 Å². The Labute approximate surface area is 129 Å². The van der Waals surface area contributed by atoms with E-state index >= 15 is 0 Å². The average Bonchev–Trinajstić information content (AvgIpc) is 3.33. The van der Waals surface area contributed by atoms with Crippen LogP contribution in [0.3, 0.4) is 0 Å². The second-order valence-electron chi connectivity index (χ2n) is 6.93.